The van der Waals surface area contributed by atoms with E-state index in [1.807, 2.05) is 60.7 Å². The molecule has 0 saturated heterocycles. The van der Waals surface area contributed by atoms with Gasteiger partial charge in [0.1, 0.15) is 23.0 Å². The van der Waals surface area contributed by atoms with Crippen molar-refractivity contribution in [1.82, 2.24) is 0 Å². The number of hydrogen-bond donors (Lipinski definition) is 2. The van der Waals surface area contributed by atoms with Gasteiger partial charge in [-0.2, -0.15) is 5.26 Å². The van der Waals surface area contributed by atoms with Crippen LogP contribution in [-0.2, 0) is 31.3 Å². The van der Waals surface area contributed by atoms with Crippen LogP contribution in [0, 0.1) is 17.1 Å². The molecule has 0 aliphatic heterocycles. The molecule has 0 bridgehead atoms. The lowest BCUT2D eigenvalue weighted by Crippen LogP contribution is -2.35. The van der Waals surface area contributed by atoms with Crippen LogP contribution in [0.2, 0.25) is 0 Å². The zero-order chi connectivity index (χ0) is 56.7. The van der Waals surface area contributed by atoms with Crippen molar-refractivity contribution in [3.8, 4) is 6.07 Å². The molecule has 0 aliphatic carbocycles. The SMILES string of the molecule is CCCCCCCCCCCCCCCCCC(=O)CC[C@@H](O)COC(c1ccccc1)(c1ccccc1)c1ccccc1.CCCCCCCCCCCCCCCCCC(=O)CC[C@H](CO)OCc1cc(F)cc(C#N)c1. The summed E-state index contributed by atoms with van der Waals surface area (Å²) in [6.07, 6.45) is 41.2. The quantitative estimate of drug-likeness (QED) is 0.0334. The maximum Gasteiger partial charge on any atom is 0.143 e. The molecular formula is C71H106FNO6. The predicted molar refractivity (Wildman–Crippen MR) is 326 cm³/mol. The van der Waals surface area contributed by atoms with E-state index in [9.17, 15) is 24.2 Å². The van der Waals surface area contributed by atoms with Gasteiger partial charge in [-0.25, -0.2) is 4.39 Å². The third-order valence-electron chi connectivity index (χ3n) is 15.4. The van der Waals surface area contributed by atoms with Gasteiger partial charge in [-0.1, -0.05) is 285 Å². The Kier molecular flexibility index (Phi) is 40.1. The van der Waals surface area contributed by atoms with Crippen LogP contribution in [0.25, 0.3) is 0 Å². The smallest absolute Gasteiger partial charge is 0.143 e. The first kappa shape index (κ1) is 68.8. The molecule has 4 rings (SSSR count). The molecule has 7 nitrogen and oxygen atoms in total. The van der Waals surface area contributed by atoms with Gasteiger partial charge < -0.3 is 19.7 Å². The number of nitriles is 1. The van der Waals surface area contributed by atoms with E-state index in [-0.39, 0.29) is 37.0 Å². The number of nitrogens with zero attached hydrogens (tertiary/aromatic N) is 1. The lowest BCUT2D eigenvalue weighted by Gasteiger charge is -2.36. The van der Waals surface area contributed by atoms with Crippen LogP contribution in [0.15, 0.2) is 109 Å². The summed E-state index contributed by atoms with van der Waals surface area (Å²) in [7, 11) is 0. The van der Waals surface area contributed by atoms with Crippen LogP contribution in [0.3, 0.4) is 0 Å². The maximum atomic E-state index is 13.5. The number of carbonyl (C=O) groups is 2. The average molecular weight is 1090 g/mol. The third kappa shape index (κ3) is 31.9. The number of unbranched alkanes of at least 4 members (excludes halogenated alkanes) is 28. The number of aliphatic hydroxyl groups is 2. The molecule has 438 valence electrons. The summed E-state index contributed by atoms with van der Waals surface area (Å²) in [4.78, 5) is 24.8. The van der Waals surface area contributed by atoms with E-state index in [0.717, 1.165) is 42.4 Å². The van der Waals surface area contributed by atoms with Gasteiger partial charge in [0.05, 0.1) is 43.7 Å². The molecule has 0 heterocycles. The summed E-state index contributed by atoms with van der Waals surface area (Å²) < 4.78 is 25.9. The highest BCUT2D eigenvalue weighted by molar-refractivity contribution is 5.78. The fourth-order valence-corrected chi connectivity index (χ4v) is 10.6. The fraction of sp³-hybridized carbons (Fsp3) is 0.620. The first-order valence-corrected chi connectivity index (χ1v) is 31.7. The normalized spacial score (nSPS) is 12.2. The Bertz CT molecular complexity index is 2030. The predicted octanol–water partition coefficient (Wildman–Crippen LogP) is 19.2. The fourth-order valence-electron chi connectivity index (χ4n) is 10.6. The number of ether oxygens (including phenoxy) is 2. The van der Waals surface area contributed by atoms with E-state index in [4.69, 9.17) is 14.7 Å². The van der Waals surface area contributed by atoms with Crippen molar-refractivity contribution in [2.45, 2.75) is 269 Å². The Morgan fingerprint density at radius 2 is 0.861 bits per heavy atom. The van der Waals surface area contributed by atoms with Crippen LogP contribution in [0.4, 0.5) is 4.39 Å². The van der Waals surface area contributed by atoms with E-state index in [0.29, 0.717) is 44.1 Å². The maximum absolute atomic E-state index is 13.5. The van der Waals surface area contributed by atoms with E-state index in [1.165, 1.54) is 179 Å². The highest BCUT2D eigenvalue weighted by atomic mass is 19.1. The summed E-state index contributed by atoms with van der Waals surface area (Å²) in [6.45, 7) is 4.60. The van der Waals surface area contributed by atoms with Crippen molar-refractivity contribution in [2.75, 3.05) is 13.2 Å². The van der Waals surface area contributed by atoms with Crippen molar-refractivity contribution < 1.29 is 33.7 Å². The molecule has 4 aromatic rings. The lowest BCUT2D eigenvalue weighted by atomic mass is 9.80. The highest BCUT2D eigenvalue weighted by Crippen LogP contribution is 2.40. The number of hydrogen-bond acceptors (Lipinski definition) is 7. The van der Waals surface area contributed by atoms with E-state index < -0.39 is 23.6 Å². The van der Waals surface area contributed by atoms with Crippen LogP contribution in [0.5, 0.6) is 0 Å². The van der Waals surface area contributed by atoms with Crippen LogP contribution < -0.4 is 0 Å². The minimum atomic E-state index is -0.858. The lowest BCUT2D eigenvalue weighted by molar-refractivity contribution is -0.121. The van der Waals surface area contributed by atoms with Crippen molar-refractivity contribution in [2.24, 2.45) is 0 Å². The van der Waals surface area contributed by atoms with Gasteiger partial charge in [-0.15, -0.1) is 0 Å². The highest BCUT2D eigenvalue weighted by Gasteiger charge is 2.38. The second-order valence-corrected chi connectivity index (χ2v) is 22.4. The molecule has 0 amide bonds. The summed E-state index contributed by atoms with van der Waals surface area (Å²) in [5.74, 6) is -0.0275. The van der Waals surface area contributed by atoms with Crippen LogP contribution in [-0.4, -0.2) is 47.2 Å². The van der Waals surface area contributed by atoms with Gasteiger partial charge in [-0.3, -0.25) is 9.59 Å². The average Bonchev–Trinajstić information content (AvgIpc) is 3.59. The monoisotopic (exact) mass is 1090 g/mol. The summed E-state index contributed by atoms with van der Waals surface area (Å²) in [6, 6.07) is 36.6. The number of halogens is 1. The molecule has 0 aliphatic rings. The molecule has 0 fully saturated rings. The Morgan fingerprint density at radius 3 is 1.22 bits per heavy atom. The van der Waals surface area contributed by atoms with E-state index in [2.05, 4.69) is 50.2 Å². The molecule has 2 N–H and O–H groups in total. The second-order valence-electron chi connectivity index (χ2n) is 22.4. The van der Waals surface area contributed by atoms with Gasteiger partial charge in [0.25, 0.3) is 0 Å². The van der Waals surface area contributed by atoms with Gasteiger partial charge in [0, 0.05) is 25.7 Å². The molecule has 4 aromatic carbocycles. The number of carbonyl (C=O) groups excluding carboxylic acids is 2. The first-order chi connectivity index (χ1) is 38.7. The van der Waals surface area contributed by atoms with Crippen LogP contribution >= 0.6 is 0 Å². The van der Waals surface area contributed by atoms with Crippen molar-refractivity contribution in [1.29, 1.82) is 5.26 Å². The number of Topliss-reactive ketones (excluding diaryl/α,β-unsaturated/α-hetero) is 2. The molecule has 2 atom stereocenters. The Labute approximate surface area is 479 Å². The van der Waals surface area contributed by atoms with Gasteiger partial charge in [0.2, 0.25) is 0 Å². The van der Waals surface area contributed by atoms with Gasteiger partial charge in [0.15, 0.2) is 0 Å². The minimum absolute atomic E-state index is 0.102. The Hall–Kier alpha value is -4.52. The molecular weight excluding hydrogens is 982 g/mol. The number of benzene rings is 4. The van der Waals surface area contributed by atoms with Crippen molar-refractivity contribution >= 4 is 11.6 Å². The minimum Gasteiger partial charge on any atom is -0.394 e. The second kappa shape index (κ2) is 46.1. The molecule has 8 heteroatoms. The van der Waals surface area contributed by atoms with E-state index in [1.54, 1.807) is 6.07 Å². The van der Waals surface area contributed by atoms with Crippen molar-refractivity contribution in [3.05, 3.63) is 143 Å². The first-order valence-electron chi connectivity index (χ1n) is 31.7. The number of ketones is 2. The summed E-state index contributed by atoms with van der Waals surface area (Å²) in [5.41, 5.74) is 2.95. The topological polar surface area (TPSA) is 117 Å². The zero-order valence-electron chi connectivity index (χ0n) is 49.5. The summed E-state index contributed by atoms with van der Waals surface area (Å²) in [5, 5.41) is 29.4. The Balaban J connectivity index is 0.000000427. The molecule has 0 radical (unpaired) electrons. The number of aliphatic hydroxyl groups excluding tert-OH is 2. The van der Waals surface area contributed by atoms with E-state index >= 15 is 0 Å². The Morgan fingerprint density at radius 1 is 0.506 bits per heavy atom. The van der Waals surface area contributed by atoms with Crippen LogP contribution in [0.1, 0.15) is 273 Å². The van der Waals surface area contributed by atoms with Crippen molar-refractivity contribution in [3.63, 3.8) is 0 Å². The molecule has 79 heavy (non-hydrogen) atoms. The molecule has 0 spiro atoms. The molecule has 0 saturated carbocycles. The standard InChI is InChI=1S/C41H58O3.C30H48FNO3/c1-2-3-4-5-6-7-8-9-10-11-12-13-14-15-25-32-39(42)33-34-40(43)35-44-41(36-26-19-16-20-27-36,37-28-21-17-22-29-37)38-30-23-18-24-31-38;1-2-3-4-5-6-7-8-9-10-11-12-13-14-15-16-17-29(34)18-19-30(24-33)35-25-27-20-26(23-32)21-28(31)22-27/h16-24,26-31,40,43H,2-15,25,32-35H2,1H3;20-22,30,33H,2-19,24-25H2,1H3/t40-;30-/m11/s1. The molecule has 0 aromatic heterocycles. The van der Waals surface area contributed by atoms with Gasteiger partial charge >= 0.3 is 0 Å². The third-order valence-corrected chi connectivity index (χ3v) is 15.4. The summed E-state index contributed by atoms with van der Waals surface area (Å²) >= 11 is 0. The van der Waals surface area contributed by atoms with Gasteiger partial charge in [-0.05, 0) is 66.1 Å². The molecule has 0 unspecified atom stereocenters. The number of rotatable bonds is 48. The largest absolute Gasteiger partial charge is 0.394 e. The zero-order valence-corrected chi connectivity index (χ0v) is 49.5.